The maximum Gasteiger partial charge on any atom is 0.244 e. The summed E-state index contributed by atoms with van der Waals surface area (Å²) in [5.74, 6) is -0.350. The number of hydrogen-bond donors (Lipinski definition) is 0. The lowest BCUT2D eigenvalue weighted by atomic mass is 9.56. The molecule has 38 heavy (non-hydrogen) atoms. The predicted molar refractivity (Wildman–Crippen MR) is 140 cm³/mol. The number of hydrogen-bond acceptors (Lipinski definition) is 5. The number of benzene rings is 2. The van der Waals surface area contributed by atoms with Crippen molar-refractivity contribution >= 4 is 39.9 Å². The lowest BCUT2D eigenvalue weighted by molar-refractivity contribution is -0.149. The van der Waals surface area contributed by atoms with Crippen molar-refractivity contribution in [1.29, 1.82) is 0 Å². The Kier molecular flexibility index (Phi) is 5.59. The second kappa shape index (κ2) is 8.75. The molecule has 6 rings (SSSR count). The van der Waals surface area contributed by atoms with Crippen molar-refractivity contribution in [3.05, 3.63) is 48.0 Å². The van der Waals surface area contributed by atoms with Gasteiger partial charge in [0.15, 0.2) is 0 Å². The Bertz CT molecular complexity index is 1610. The third-order valence-corrected chi connectivity index (χ3v) is 8.23. The van der Waals surface area contributed by atoms with E-state index in [0.717, 1.165) is 59.0 Å². The topological polar surface area (TPSA) is 93.3 Å². The minimum absolute atomic E-state index is 0.00383. The first kappa shape index (κ1) is 24.3. The molecule has 2 amide bonds. The van der Waals surface area contributed by atoms with Crippen LogP contribution in [0.5, 0.6) is 0 Å². The lowest BCUT2D eigenvalue weighted by Gasteiger charge is -2.58. The van der Waals surface area contributed by atoms with E-state index < -0.39 is 0 Å². The summed E-state index contributed by atoms with van der Waals surface area (Å²) in [6.07, 6.45) is 4.11. The van der Waals surface area contributed by atoms with Crippen LogP contribution >= 0.6 is 0 Å². The van der Waals surface area contributed by atoms with Crippen LogP contribution in [0, 0.1) is 11.2 Å². The minimum atomic E-state index is -0.348. The van der Waals surface area contributed by atoms with Crippen molar-refractivity contribution in [3.63, 3.8) is 0 Å². The SMILES string of the molecule is CC(=O)N1CC2(CC(c3nn(CC(=O)N(C)CC=O)c4cccc(-c5cc6c(cnn6C)cc5F)c34)C2)C1. The fourth-order valence-corrected chi connectivity index (χ4v) is 6.15. The van der Waals surface area contributed by atoms with Gasteiger partial charge >= 0.3 is 0 Å². The molecular formula is C28H29FN6O3. The molecule has 3 heterocycles. The van der Waals surface area contributed by atoms with E-state index in [-0.39, 0.29) is 42.1 Å². The lowest BCUT2D eigenvalue weighted by Crippen LogP contribution is -2.62. The number of carbonyl (C=O) groups excluding carboxylic acids is 3. The summed E-state index contributed by atoms with van der Waals surface area (Å²) in [4.78, 5) is 38.7. The van der Waals surface area contributed by atoms with E-state index in [9.17, 15) is 14.4 Å². The van der Waals surface area contributed by atoms with Crippen LogP contribution in [-0.4, -0.2) is 74.1 Å². The Balaban J connectivity index is 1.45. The van der Waals surface area contributed by atoms with Gasteiger partial charge in [0.05, 0.1) is 29.5 Å². The molecule has 1 saturated carbocycles. The molecule has 1 aliphatic carbocycles. The van der Waals surface area contributed by atoms with Gasteiger partial charge in [0, 0.05) is 61.8 Å². The number of nitrogens with zero attached hydrogens (tertiary/aromatic N) is 6. The van der Waals surface area contributed by atoms with Crippen LogP contribution in [0.25, 0.3) is 32.9 Å². The number of fused-ring (bicyclic) bond motifs is 2. The van der Waals surface area contributed by atoms with Crippen LogP contribution in [0.4, 0.5) is 4.39 Å². The van der Waals surface area contributed by atoms with E-state index in [4.69, 9.17) is 5.10 Å². The third kappa shape index (κ3) is 3.77. The number of halogens is 1. The van der Waals surface area contributed by atoms with Crippen LogP contribution in [-0.2, 0) is 28.0 Å². The largest absolute Gasteiger partial charge is 0.342 e. The van der Waals surface area contributed by atoms with Gasteiger partial charge in [-0.15, -0.1) is 0 Å². The fraction of sp³-hybridized carbons (Fsp3) is 0.393. The highest BCUT2D eigenvalue weighted by molar-refractivity contribution is 6.00. The highest BCUT2D eigenvalue weighted by Gasteiger charge is 2.54. The average Bonchev–Trinajstić information content (AvgIpc) is 3.37. The van der Waals surface area contributed by atoms with Gasteiger partial charge in [0.2, 0.25) is 11.8 Å². The fourth-order valence-electron chi connectivity index (χ4n) is 6.15. The summed E-state index contributed by atoms with van der Waals surface area (Å²) in [7, 11) is 3.41. The van der Waals surface area contributed by atoms with Gasteiger partial charge in [-0.1, -0.05) is 12.1 Å². The molecule has 2 aromatic carbocycles. The first-order chi connectivity index (χ1) is 18.2. The number of aryl methyl sites for hydroxylation is 1. The Morgan fingerprint density at radius 2 is 1.95 bits per heavy atom. The smallest absolute Gasteiger partial charge is 0.244 e. The van der Waals surface area contributed by atoms with Gasteiger partial charge in [0.1, 0.15) is 18.6 Å². The van der Waals surface area contributed by atoms with Gasteiger partial charge in [-0.2, -0.15) is 10.2 Å². The van der Waals surface area contributed by atoms with Crippen molar-refractivity contribution in [3.8, 4) is 11.1 Å². The quantitative estimate of drug-likeness (QED) is 0.367. The Labute approximate surface area is 218 Å². The van der Waals surface area contributed by atoms with E-state index in [1.165, 1.54) is 11.0 Å². The molecule has 1 saturated heterocycles. The first-order valence-corrected chi connectivity index (χ1v) is 12.7. The van der Waals surface area contributed by atoms with Gasteiger partial charge < -0.3 is 14.6 Å². The van der Waals surface area contributed by atoms with Crippen molar-refractivity contribution < 1.29 is 18.8 Å². The molecule has 0 N–H and O–H groups in total. The standard InChI is InChI=1S/C28H29FN6O3/c1-17(37)34-15-28(16-34)11-19(12-28)27-26-20(21-10-24-18(9-22(21)29)13-30-33(24)3)5-4-6-23(26)35(31-27)14-25(38)32(2)7-8-36/h4-6,8-10,13,19H,7,11-12,14-16H2,1-3H3. The zero-order valence-corrected chi connectivity index (χ0v) is 21.6. The summed E-state index contributed by atoms with van der Waals surface area (Å²) < 4.78 is 18.9. The maximum absolute atomic E-state index is 15.5. The summed E-state index contributed by atoms with van der Waals surface area (Å²) in [6.45, 7) is 3.08. The van der Waals surface area contributed by atoms with Crippen LogP contribution in [0.3, 0.4) is 0 Å². The summed E-state index contributed by atoms with van der Waals surface area (Å²) >= 11 is 0. The van der Waals surface area contributed by atoms with Crippen LogP contribution in [0.1, 0.15) is 31.4 Å². The molecule has 0 bridgehead atoms. The monoisotopic (exact) mass is 516 g/mol. The van der Waals surface area contributed by atoms with Crippen molar-refractivity contribution in [2.24, 2.45) is 12.5 Å². The molecule has 2 aromatic heterocycles. The average molecular weight is 517 g/mol. The Morgan fingerprint density at radius 1 is 1.18 bits per heavy atom. The molecule has 1 spiro atoms. The number of aromatic nitrogens is 4. The molecule has 4 aromatic rings. The third-order valence-electron chi connectivity index (χ3n) is 8.23. The molecule has 0 unspecified atom stereocenters. The van der Waals surface area contributed by atoms with Crippen LogP contribution in [0.2, 0.25) is 0 Å². The molecule has 9 nitrogen and oxygen atoms in total. The van der Waals surface area contributed by atoms with E-state index in [0.29, 0.717) is 11.8 Å². The predicted octanol–water partition coefficient (Wildman–Crippen LogP) is 3.11. The van der Waals surface area contributed by atoms with Gasteiger partial charge in [-0.3, -0.25) is 19.0 Å². The van der Waals surface area contributed by atoms with Crippen LogP contribution in [0.15, 0.2) is 36.5 Å². The first-order valence-electron chi connectivity index (χ1n) is 12.7. The second-order valence-electron chi connectivity index (χ2n) is 10.8. The number of likely N-dealkylation sites (tertiary alicyclic amines) is 1. The summed E-state index contributed by atoms with van der Waals surface area (Å²) in [5, 5.41) is 10.7. The molecule has 196 valence electrons. The molecule has 2 fully saturated rings. The van der Waals surface area contributed by atoms with Gasteiger partial charge in [0.25, 0.3) is 0 Å². The van der Waals surface area contributed by atoms with E-state index in [1.807, 2.05) is 36.2 Å². The number of carbonyl (C=O) groups is 3. The Hall–Kier alpha value is -4.08. The summed E-state index contributed by atoms with van der Waals surface area (Å²) in [6, 6.07) is 8.97. The molecule has 0 atom stereocenters. The normalized spacial score (nSPS) is 16.6. The molecular weight excluding hydrogens is 487 g/mol. The zero-order chi connectivity index (χ0) is 26.8. The maximum atomic E-state index is 15.5. The highest BCUT2D eigenvalue weighted by atomic mass is 19.1. The van der Waals surface area contributed by atoms with Crippen molar-refractivity contribution in [2.75, 3.05) is 26.7 Å². The zero-order valence-electron chi connectivity index (χ0n) is 21.6. The number of rotatable bonds is 6. The number of aldehydes is 1. The van der Waals surface area contributed by atoms with E-state index in [2.05, 4.69) is 5.10 Å². The molecule has 0 radical (unpaired) electrons. The second-order valence-corrected chi connectivity index (χ2v) is 10.8. The minimum Gasteiger partial charge on any atom is -0.342 e. The summed E-state index contributed by atoms with van der Waals surface area (Å²) in [5.41, 5.74) is 3.70. The van der Waals surface area contributed by atoms with Crippen LogP contribution < -0.4 is 0 Å². The van der Waals surface area contributed by atoms with Gasteiger partial charge in [-0.05, 0) is 36.6 Å². The Morgan fingerprint density at radius 3 is 2.66 bits per heavy atom. The van der Waals surface area contributed by atoms with Gasteiger partial charge in [-0.25, -0.2) is 4.39 Å². The van der Waals surface area contributed by atoms with Crippen molar-refractivity contribution in [2.45, 2.75) is 32.2 Å². The molecule has 2 aliphatic rings. The van der Waals surface area contributed by atoms with Crippen molar-refractivity contribution in [1.82, 2.24) is 29.4 Å². The van der Waals surface area contributed by atoms with E-state index >= 15 is 4.39 Å². The van der Waals surface area contributed by atoms with E-state index in [1.54, 1.807) is 29.5 Å². The highest BCUT2D eigenvalue weighted by Crippen LogP contribution is 2.57. The number of amides is 2. The number of likely N-dealkylation sites (N-methyl/N-ethyl adjacent to an activating group) is 1. The molecule has 1 aliphatic heterocycles. The molecule has 10 heteroatoms.